The molecular weight excluding hydrogens is 294 g/mol. The van der Waals surface area contributed by atoms with Gasteiger partial charge in [-0.1, -0.05) is 35.5 Å². The van der Waals surface area contributed by atoms with E-state index < -0.39 is 5.97 Å². The predicted molar refractivity (Wildman–Crippen MR) is 84.7 cm³/mol. The Labute approximate surface area is 133 Å². The van der Waals surface area contributed by atoms with E-state index in [1.54, 1.807) is 37.4 Å². The number of ether oxygens (including phenoxy) is 1. The number of hydrogen-bond donors (Lipinski definition) is 1. The Morgan fingerprint density at radius 3 is 2.61 bits per heavy atom. The second kappa shape index (κ2) is 6.36. The maximum atomic E-state index is 11.3. The summed E-state index contributed by atoms with van der Waals surface area (Å²) >= 11 is 0. The molecule has 0 aliphatic heterocycles. The summed E-state index contributed by atoms with van der Waals surface area (Å²) in [4.78, 5) is 11.3. The van der Waals surface area contributed by atoms with Crippen molar-refractivity contribution in [1.82, 2.24) is 5.16 Å². The third kappa shape index (κ3) is 3.23. The Hall–Kier alpha value is -3.08. The van der Waals surface area contributed by atoms with Gasteiger partial charge in [0.1, 0.15) is 17.2 Å². The van der Waals surface area contributed by atoms with Gasteiger partial charge in [0.05, 0.1) is 12.7 Å². The van der Waals surface area contributed by atoms with Gasteiger partial charge in [0.15, 0.2) is 0 Å². The van der Waals surface area contributed by atoms with Crippen LogP contribution in [0.15, 0.2) is 59.1 Å². The van der Waals surface area contributed by atoms with Gasteiger partial charge in [-0.3, -0.25) is 0 Å². The van der Waals surface area contributed by atoms with Crippen LogP contribution < -0.4 is 4.74 Å². The maximum Gasteiger partial charge on any atom is 0.336 e. The van der Waals surface area contributed by atoms with Crippen LogP contribution in [0.25, 0.3) is 11.3 Å². The number of rotatable bonds is 5. The van der Waals surface area contributed by atoms with Crippen LogP contribution in [0.1, 0.15) is 21.7 Å². The van der Waals surface area contributed by atoms with Crippen LogP contribution in [0.5, 0.6) is 5.75 Å². The Balaban J connectivity index is 1.84. The van der Waals surface area contributed by atoms with Gasteiger partial charge in [0, 0.05) is 18.1 Å². The first-order valence-electron chi connectivity index (χ1n) is 7.08. The summed E-state index contributed by atoms with van der Waals surface area (Å²) in [5.74, 6) is 0.480. The number of methoxy groups -OCH3 is 1. The van der Waals surface area contributed by atoms with E-state index in [1.807, 2.05) is 24.3 Å². The zero-order chi connectivity index (χ0) is 16.2. The molecule has 0 bridgehead atoms. The zero-order valence-corrected chi connectivity index (χ0v) is 12.5. The molecule has 0 saturated heterocycles. The predicted octanol–water partition coefficient (Wildman–Crippen LogP) is 3.64. The first kappa shape index (κ1) is 14.8. The molecule has 1 N–H and O–H groups in total. The molecule has 0 aliphatic carbocycles. The summed E-state index contributed by atoms with van der Waals surface area (Å²) in [7, 11) is 1.62. The van der Waals surface area contributed by atoms with Crippen molar-refractivity contribution in [3.63, 3.8) is 0 Å². The SMILES string of the molecule is COc1ccc(Cc2cc(-c3ccccc3C(=O)O)no2)cc1. The number of aromatic carboxylic acids is 1. The molecule has 0 saturated carbocycles. The van der Waals surface area contributed by atoms with Crippen molar-refractivity contribution >= 4 is 5.97 Å². The highest BCUT2D eigenvalue weighted by Crippen LogP contribution is 2.24. The van der Waals surface area contributed by atoms with E-state index in [1.165, 1.54) is 0 Å². The Kier molecular flexibility index (Phi) is 4.10. The number of benzene rings is 2. The fourth-order valence-electron chi connectivity index (χ4n) is 2.36. The number of carboxylic acids is 1. The lowest BCUT2D eigenvalue weighted by atomic mass is 10.0. The van der Waals surface area contributed by atoms with Gasteiger partial charge < -0.3 is 14.4 Å². The third-order valence-electron chi connectivity index (χ3n) is 3.53. The fraction of sp³-hybridized carbons (Fsp3) is 0.111. The summed E-state index contributed by atoms with van der Waals surface area (Å²) in [6.07, 6.45) is 0.576. The monoisotopic (exact) mass is 309 g/mol. The second-order valence-electron chi connectivity index (χ2n) is 5.05. The second-order valence-corrected chi connectivity index (χ2v) is 5.05. The molecule has 0 radical (unpaired) electrons. The normalized spacial score (nSPS) is 10.5. The molecule has 1 heterocycles. The minimum atomic E-state index is -0.986. The first-order valence-corrected chi connectivity index (χ1v) is 7.08. The highest BCUT2D eigenvalue weighted by Gasteiger charge is 2.14. The standard InChI is InChI=1S/C18H15NO4/c1-22-13-8-6-12(7-9-13)10-14-11-17(19-23-14)15-4-2-3-5-16(15)18(20)21/h2-9,11H,10H2,1H3,(H,20,21). The molecule has 0 amide bonds. The molecule has 116 valence electrons. The van der Waals surface area contributed by atoms with Crippen molar-refractivity contribution in [2.24, 2.45) is 0 Å². The minimum Gasteiger partial charge on any atom is -0.497 e. The molecule has 5 heteroatoms. The summed E-state index contributed by atoms with van der Waals surface area (Å²) in [6.45, 7) is 0. The molecule has 0 unspecified atom stereocenters. The Morgan fingerprint density at radius 2 is 1.91 bits per heavy atom. The van der Waals surface area contributed by atoms with E-state index >= 15 is 0 Å². The molecule has 0 aliphatic rings. The lowest BCUT2D eigenvalue weighted by molar-refractivity contribution is 0.0697. The van der Waals surface area contributed by atoms with Gasteiger partial charge in [-0.2, -0.15) is 0 Å². The van der Waals surface area contributed by atoms with Crippen molar-refractivity contribution < 1.29 is 19.2 Å². The average Bonchev–Trinajstić information content (AvgIpc) is 3.04. The number of carboxylic acid groups (broad SMARTS) is 1. The van der Waals surface area contributed by atoms with Crippen LogP contribution in [0, 0.1) is 0 Å². The van der Waals surface area contributed by atoms with E-state index in [-0.39, 0.29) is 5.56 Å². The molecule has 3 rings (SSSR count). The fourth-order valence-corrected chi connectivity index (χ4v) is 2.36. The highest BCUT2D eigenvalue weighted by molar-refractivity contribution is 5.95. The number of aromatic nitrogens is 1. The van der Waals surface area contributed by atoms with Gasteiger partial charge in [-0.15, -0.1) is 0 Å². The van der Waals surface area contributed by atoms with E-state index in [9.17, 15) is 9.90 Å². The van der Waals surface area contributed by atoms with Crippen molar-refractivity contribution in [2.75, 3.05) is 7.11 Å². The molecule has 1 aromatic heterocycles. The Morgan fingerprint density at radius 1 is 1.17 bits per heavy atom. The molecule has 0 spiro atoms. The summed E-state index contributed by atoms with van der Waals surface area (Å²) in [5, 5.41) is 13.2. The summed E-state index contributed by atoms with van der Waals surface area (Å²) < 4.78 is 10.5. The van der Waals surface area contributed by atoms with Crippen molar-refractivity contribution in [1.29, 1.82) is 0 Å². The average molecular weight is 309 g/mol. The van der Waals surface area contributed by atoms with Gasteiger partial charge in [-0.25, -0.2) is 4.79 Å². The largest absolute Gasteiger partial charge is 0.497 e. The van der Waals surface area contributed by atoms with E-state index in [2.05, 4.69) is 5.16 Å². The minimum absolute atomic E-state index is 0.205. The lowest BCUT2D eigenvalue weighted by Crippen LogP contribution is -1.98. The third-order valence-corrected chi connectivity index (χ3v) is 3.53. The first-order chi connectivity index (χ1) is 11.2. The van der Waals surface area contributed by atoms with E-state index in [0.717, 1.165) is 11.3 Å². The molecule has 2 aromatic carbocycles. The summed E-state index contributed by atoms with van der Waals surface area (Å²) in [5.41, 5.74) is 2.33. The smallest absolute Gasteiger partial charge is 0.336 e. The van der Waals surface area contributed by atoms with Crippen molar-refractivity contribution in [3.05, 3.63) is 71.5 Å². The molecule has 0 atom stereocenters. The Bertz CT molecular complexity index is 821. The van der Waals surface area contributed by atoms with Crippen LogP contribution in [-0.2, 0) is 6.42 Å². The highest BCUT2D eigenvalue weighted by atomic mass is 16.5. The molecular formula is C18H15NO4. The van der Waals surface area contributed by atoms with Crippen molar-refractivity contribution in [3.8, 4) is 17.0 Å². The van der Waals surface area contributed by atoms with E-state index in [4.69, 9.17) is 9.26 Å². The number of hydrogen-bond acceptors (Lipinski definition) is 4. The maximum absolute atomic E-state index is 11.3. The molecule has 23 heavy (non-hydrogen) atoms. The van der Waals surface area contributed by atoms with E-state index in [0.29, 0.717) is 23.4 Å². The molecule has 5 nitrogen and oxygen atoms in total. The van der Waals surface area contributed by atoms with Crippen LogP contribution in [0.3, 0.4) is 0 Å². The topological polar surface area (TPSA) is 72.6 Å². The van der Waals surface area contributed by atoms with Crippen LogP contribution in [-0.4, -0.2) is 23.3 Å². The van der Waals surface area contributed by atoms with Gasteiger partial charge in [0.25, 0.3) is 0 Å². The zero-order valence-electron chi connectivity index (χ0n) is 12.5. The van der Waals surface area contributed by atoms with Crippen LogP contribution in [0.2, 0.25) is 0 Å². The van der Waals surface area contributed by atoms with Gasteiger partial charge >= 0.3 is 5.97 Å². The lowest BCUT2D eigenvalue weighted by Gasteiger charge is -2.01. The van der Waals surface area contributed by atoms with Crippen LogP contribution >= 0.6 is 0 Å². The number of nitrogens with zero attached hydrogens (tertiary/aromatic N) is 1. The van der Waals surface area contributed by atoms with Gasteiger partial charge in [-0.05, 0) is 23.8 Å². The molecule has 3 aromatic rings. The number of carbonyl (C=O) groups is 1. The van der Waals surface area contributed by atoms with Gasteiger partial charge in [0.2, 0.25) is 0 Å². The van der Waals surface area contributed by atoms with Crippen molar-refractivity contribution in [2.45, 2.75) is 6.42 Å². The molecule has 0 fully saturated rings. The summed E-state index contributed by atoms with van der Waals surface area (Å²) in [6, 6.07) is 16.2. The van der Waals surface area contributed by atoms with Crippen LogP contribution in [0.4, 0.5) is 0 Å². The quantitative estimate of drug-likeness (QED) is 0.779.